The predicted molar refractivity (Wildman–Crippen MR) is 257 cm³/mol. The van der Waals surface area contributed by atoms with E-state index in [1.807, 2.05) is 12.1 Å². The number of hydrogen-bond donors (Lipinski definition) is 0. The highest BCUT2D eigenvalue weighted by Gasteiger charge is 2.26. The quantitative estimate of drug-likeness (QED) is 0.159. The van der Waals surface area contributed by atoms with E-state index in [4.69, 9.17) is 0 Å². The number of benzene rings is 10. The van der Waals surface area contributed by atoms with E-state index in [0.717, 1.165) is 67.1 Å². The SMILES string of the molecule is Fc1ccc(-n2c3ccccc3c3cc(N(c4ccc(-c5ccccc5)cc4)c4ccc(-c5ccc6c(c5)N(c5ccccc5)c5cccc7cccc-6c57)cc4)ccc32)cc1. The Labute approximate surface area is 359 Å². The van der Waals surface area contributed by atoms with Crippen LogP contribution in [0.4, 0.5) is 38.5 Å². The summed E-state index contributed by atoms with van der Waals surface area (Å²) in [6, 6.07) is 81.0. The fourth-order valence-electron chi connectivity index (χ4n) is 9.49. The number of aromatic nitrogens is 1. The standard InChI is InChI=1S/C58H38FN3/c59-44-26-32-48(33-27-44)61-54-19-8-7-17-50(54)53-38-49(34-36-55(53)61)60(46-28-21-40(22-29-46)39-11-3-1-4-12-39)47-30-23-41(24-31-47)43-25-35-51-52-18-9-13-42-14-10-20-56(58(42)52)62(57(51)37-43)45-15-5-2-6-16-45/h1-38H. The second-order valence-electron chi connectivity index (χ2n) is 15.9. The Morgan fingerprint density at radius 3 is 1.69 bits per heavy atom. The molecule has 1 aliphatic rings. The maximum absolute atomic E-state index is 14.1. The average molecular weight is 796 g/mol. The first-order chi connectivity index (χ1) is 30.7. The van der Waals surface area contributed by atoms with Crippen LogP contribution < -0.4 is 9.80 Å². The highest BCUT2D eigenvalue weighted by Crippen LogP contribution is 2.52. The van der Waals surface area contributed by atoms with E-state index in [1.165, 1.54) is 50.8 Å². The molecule has 3 nitrogen and oxygen atoms in total. The van der Waals surface area contributed by atoms with Gasteiger partial charge in [-0.05, 0) is 130 Å². The third-order valence-corrected chi connectivity index (χ3v) is 12.4. The Morgan fingerprint density at radius 1 is 0.355 bits per heavy atom. The number of hydrogen-bond acceptors (Lipinski definition) is 2. The van der Waals surface area contributed by atoms with Gasteiger partial charge in [0.05, 0.1) is 22.4 Å². The molecule has 62 heavy (non-hydrogen) atoms. The molecule has 0 spiro atoms. The monoisotopic (exact) mass is 795 g/mol. The van der Waals surface area contributed by atoms with Crippen molar-refractivity contribution in [3.8, 4) is 39.1 Å². The van der Waals surface area contributed by atoms with E-state index in [2.05, 4.69) is 221 Å². The van der Waals surface area contributed by atoms with Crippen molar-refractivity contribution in [1.29, 1.82) is 0 Å². The van der Waals surface area contributed by atoms with Gasteiger partial charge in [-0.15, -0.1) is 0 Å². The first kappa shape index (κ1) is 35.7. The zero-order chi connectivity index (χ0) is 41.1. The molecule has 12 rings (SSSR count). The topological polar surface area (TPSA) is 11.4 Å². The first-order valence-corrected chi connectivity index (χ1v) is 21.0. The normalized spacial score (nSPS) is 11.9. The first-order valence-electron chi connectivity index (χ1n) is 21.0. The maximum atomic E-state index is 14.1. The minimum atomic E-state index is -0.249. The molecule has 11 aromatic rings. The van der Waals surface area contributed by atoms with Gasteiger partial charge in [0.1, 0.15) is 5.82 Å². The summed E-state index contributed by atoms with van der Waals surface area (Å²) in [5.74, 6) is -0.249. The van der Waals surface area contributed by atoms with E-state index in [9.17, 15) is 4.39 Å². The zero-order valence-corrected chi connectivity index (χ0v) is 33.7. The summed E-state index contributed by atoms with van der Waals surface area (Å²) in [6.45, 7) is 0. The van der Waals surface area contributed by atoms with Crippen molar-refractivity contribution in [3.63, 3.8) is 0 Å². The number of fused-ring (bicyclic) bond motifs is 5. The molecule has 292 valence electrons. The molecule has 0 atom stereocenters. The molecule has 0 amide bonds. The maximum Gasteiger partial charge on any atom is 0.123 e. The van der Waals surface area contributed by atoms with E-state index >= 15 is 0 Å². The average Bonchev–Trinajstić information content (AvgIpc) is 3.67. The largest absolute Gasteiger partial charge is 0.310 e. The minimum Gasteiger partial charge on any atom is -0.310 e. The lowest BCUT2D eigenvalue weighted by Gasteiger charge is -2.34. The minimum absolute atomic E-state index is 0.249. The summed E-state index contributed by atoms with van der Waals surface area (Å²) < 4.78 is 16.3. The number of nitrogens with zero attached hydrogens (tertiary/aromatic N) is 3. The van der Waals surface area contributed by atoms with Gasteiger partial charge in [-0.3, -0.25) is 0 Å². The fraction of sp³-hybridized carbons (Fsp3) is 0. The molecule has 10 aromatic carbocycles. The molecule has 0 N–H and O–H groups in total. The van der Waals surface area contributed by atoms with Gasteiger partial charge in [0.15, 0.2) is 0 Å². The summed E-state index contributed by atoms with van der Waals surface area (Å²) in [5, 5.41) is 4.78. The molecule has 1 aromatic heterocycles. The van der Waals surface area contributed by atoms with E-state index in [1.54, 1.807) is 0 Å². The van der Waals surface area contributed by atoms with E-state index in [-0.39, 0.29) is 5.82 Å². The van der Waals surface area contributed by atoms with Crippen molar-refractivity contribution < 1.29 is 4.39 Å². The summed E-state index contributed by atoms with van der Waals surface area (Å²) in [5.41, 5.74) is 16.8. The lowest BCUT2D eigenvalue weighted by atomic mass is 9.89. The predicted octanol–water partition coefficient (Wildman–Crippen LogP) is 16.3. The second-order valence-corrected chi connectivity index (χ2v) is 15.9. The summed E-state index contributed by atoms with van der Waals surface area (Å²) >= 11 is 0. The molecule has 0 saturated heterocycles. The molecule has 0 bridgehead atoms. The Balaban J connectivity index is 0.981. The lowest BCUT2D eigenvalue weighted by molar-refractivity contribution is 0.627. The molecule has 0 aliphatic carbocycles. The van der Waals surface area contributed by atoms with Crippen LogP contribution in [0.3, 0.4) is 0 Å². The van der Waals surface area contributed by atoms with Crippen LogP contribution in [0.5, 0.6) is 0 Å². The molecule has 0 radical (unpaired) electrons. The molecule has 0 unspecified atom stereocenters. The van der Waals surface area contributed by atoms with Gasteiger partial charge < -0.3 is 14.4 Å². The van der Waals surface area contributed by atoms with Gasteiger partial charge in [0.25, 0.3) is 0 Å². The summed E-state index contributed by atoms with van der Waals surface area (Å²) in [7, 11) is 0. The van der Waals surface area contributed by atoms with Crippen molar-refractivity contribution in [2.45, 2.75) is 0 Å². The highest BCUT2D eigenvalue weighted by atomic mass is 19.1. The number of rotatable bonds is 7. The lowest BCUT2D eigenvalue weighted by Crippen LogP contribution is -2.15. The molecule has 0 fully saturated rings. The van der Waals surface area contributed by atoms with Crippen molar-refractivity contribution in [1.82, 2.24) is 4.57 Å². The molecular formula is C58H38FN3. The van der Waals surface area contributed by atoms with Gasteiger partial charge in [0, 0.05) is 50.2 Å². The van der Waals surface area contributed by atoms with Gasteiger partial charge in [-0.25, -0.2) is 4.39 Å². The molecule has 0 saturated carbocycles. The fourth-order valence-corrected chi connectivity index (χ4v) is 9.49. The van der Waals surface area contributed by atoms with Crippen molar-refractivity contribution in [2.24, 2.45) is 0 Å². The molecular weight excluding hydrogens is 758 g/mol. The third kappa shape index (κ3) is 5.88. The zero-order valence-electron chi connectivity index (χ0n) is 33.7. The van der Waals surface area contributed by atoms with Crippen LogP contribution in [-0.2, 0) is 0 Å². The number of anilines is 6. The van der Waals surface area contributed by atoms with Crippen molar-refractivity contribution in [2.75, 3.05) is 9.80 Å². The second kappa shape index (κ2) is 14.5. The van der Waals surface area contributed by atoms with Crippen LogP contribution in [0.25, 0.3) is 71.6 Å². The van der Waals surface area contributed by atoms with Crippen molar-refractivity contribution in [3.05, 3.63) is 236 Å². The van der Waals surface area contributed by atoms with Crippen LogP contribution in [0.1, 0.15) is 0 Å². The summed E-state index contributed by atoms with van der Waals surface area (Å²) in [6.07, 6.45) is 0. The van der Waals surface area contributed by atoms with Crippen LogP contribution in [0.2, 0.25) is 0 Å². The Hall–Kier alpha value is -8.21. The van der Waals surface area contributed by atoms with Crippen LogP contribution in [0, 0.1) is 5.82 Å². The molecule has 1 aliphatic heterocycles. The number of para-hydroxylation sites is 2. The Kier molecular flexibility index (Phi) is 8.36. The molecule has 4 heteroatoms. The number of halogens is 1. The van der Waals surface area contributed by atoms with E-state index in [0.29, 0.717) is 0 Å². The molecule has 2 heterocycles. The van der Waals surface area contributed by atoms with Crippen molar-refractivity contribution >= 4 is 66.7 Å². The van der Waals surface area contributed by atoms with Crippen LogP contribution in [-0.4, -0.2) is 4.57 Å². The smallest absolute Gasteiger partial charge is 0.123 e. The van der Waals surface area contributed by atoms with Crippen LogP contribution >= 0.6 is 0 Å². The Morgan fingerprint density at radius 2 is 0.952 bits per heavy atom. The van der Waals surface area contributed by atoms with Gasteiger partial charge in [-0.1, -0.05) is 133 Å². The van der Waals surface area contributed by atoms with Gasteiger partial charge >= 0.3 is 0 Å². The van der Waals surface area contributed by atoms with Crippen LogP contribution in [0.15, 0.2) is 231 Å². The Bertz CT molecular complexity index is 3440. The highest BCUT2D eigenvalue weighted by molar-refractivity contribution is 6.14. The summed E-state index contributed by atoms with van der Waals surface area (Å²) in [4.78, 5) is 4.75. The van der Waals surface area contributed by atoms with Gasteiger partial charge in [-0.2, -0.15) is 0 Å². The van der Waals surface area contributed by atoms with E-state index < -0.39 is 0 Å². The van der Waals surface area contributed by atoms with Gasteiger partial charge in [0.2, 0.25) is 0 Å². The third-order valence-electron chi connectivity index (χ3n) is 12.4.